The summed E-state index contributed by atoms with van der Waals surface area (Å²) in [5.74, 6) is -0.0927. The third-order valence-corrected chi connectivity index (χ3v) is 5.40. The van der Waals surface area contributed by atoms with Crippen LogP contribution in [-0.2, 0) is 19.2 Å². The molecule has 31 heavy (non-hydrogen) atoms. The molecule has 0 aliphatic heterocycles. The Kier molecular flexibility index (Phi) is 25.0. The molecule has 0 aliphatic carbocycles. The average Bonchev–Trinajstić information content (AvgIpc) is 2.75. The van der Waals surface area contributed by atoms with Crippen LogP contribution in [0.5, 0.6) is 0 Å². The molecule has 0 unspecified atom stereocenters. The molecule has 0 heterocycles. The van der Waals surface area contributed by atoms with E-state index in [0.29, 0.717) is 32.7 Å². The van der Waals surface area contributed by atoms with Crippen LogP contribution in [0.3, 0.4) is 0 Å². The van der Waals surface area contributed by atoms with E-state index in [4.69, 9.17) is 14.4 Å². The Morgan fingerprint density at radius 3 is 1.65 bits per heavy atom. The van der Waals surface area contributed by atoms with Crippen molar-refractivity contribution in [3.63, 3.8) is 0 Å². The van der Waals surface area contributed by atoms with Gasteiger partial charge in [-0.3, -0.25) is 14.5 Å². The van der Waals surface area contributed by atoms with Crippen molar-refractivity contribution < 1.29 is 19.2 Å². The fourth-order valence-corrected chi connectivity index (χ4v) is 3.38. The molecule has 0 aromatic heterocycles. The van der Waals surface area contributed by atoms with E-state index in [9.17, 15) is 4.79 Å². The molecule has 0 aromatic rings. The van der Waals surface area contributed by atoms with E-state index in [0.717, 1.165) is 19.4 Å². The third kappa shape index (κ3) is 27.3. The average molecular weight is 445 g/mol. The molecule has 0 aromatic carbocycles. The lowest BCUT2D eigenvalue weighted by Gasteiger charge is -2.10. The molecular formula is C25H52N2O4. The van der Waals surface area contributed by atoms with Crippen molar-refractivity contribution in [2.75, 3.05) is 40.5 Å². The summed E-state index contributed by atoms with van der Waals surface area (Å²) in [5, 5.41) is 0. The van der Waals surface area contributed by atoms with E-state index in [2.05, 4.69) is 12.6 Å². The Morgan fingerprint density at radius 1 is 0.645 bits per heavy atom. The van der Waals surface area contributed by atoms with Gasteiger partial charge in [0.15, 0.2) is 0 Å². The van der Waals surface area contributed by atoms with Gasteiger partial charge < -0.3 is 9.64 Å². The lowest BCUT2D eigenvalue weighted by Crippen LogP contribution is -2.24. The zero-order valence-electron chi connectivity index (χ0n) is 20.9. The first-order chi connectivity index (χ1) is 15.2. The standard InChI is InChI=1S/C25H52N2O4/c1-4-5-6-7-8-9-10-11-12-13-14-15-16-17-18-20-25(28)29-22-19-23-30-26-31-24-21-27(2)3/h26H,4-24H2,1-3H3. The van der Waals surface area contributed by atoms with Gasteiger partial charge >= 0.3 is 5.97 Å². The molecule has 0 aliphatic rings. The predicted molar refractivity (Wildman–Crippen MR) is 129 cm³/mol. The first-order valence-electron chi connectivity index (χ1n) is 13.0. The number of hydrogen-bond donors (Lipinski definition) is 1. The van der Waals surface area contributed by atoms with Crippen LogP contribution < -0.4 is 5.64 Å². The molecule has 0 fully saturated rings. The van der Waals surface area contributed by atoms with Gasteiger partial charge in [-0.25, -0.2) is 0 Å². The Balaban J connectivity index is 3.14. The van der Waals surface area contributed by atoms with Crippen LogP contribution in [0.25, 0.3) is 0 Å². The minimum atomic E-state index is -0.0927. The van der Waals surface area contributed by atoms with Crippen LogP contribution in [0.1, 0.15) is 116 Å². The quantitative estimate of drug-likeness (QED) is 0.103. The summed E-state index contributed by atoms with van der Waals surface area (Å²) >= 11 is 0. The second kappa shape index (κ2) is 25.6. The molecule has 0 saturated carbocycles. The first kappa shape index (κ1) is 30.3. The van der Waals surface area contributed by atoms with Gasteiger partial charge in [-0.2, -0.15) is 0 Å². The van der Waals surface area contributed by atoms with E-state index in [-0.39, 0.29) is 5.97 Å². The van der Waals surface area contributed by atoms with Gasteiger partial charge in [0.05, 0.1) is 19.8 Å². The Bertz CT molecular complexity index is 367. The first-order valence-corrected chi connectivity index (χ1v) is 13.0. The van der Waals surface area contributed by atoms with E-state index in [1.807, 2.05) is 19.0 Å². The zero-order chi connectivity index (χ0) is 22.8. The van der Waals surface area contributed by atoms with E-state index < -0.39 is 0 Å². The van der Waals surface area contributed by atoms with Gasteiger partial charge in [0, 0.05) is 19.4 Å². The largest absolute Gasteiger partial charge is 0.466 e. The van der Waals surface area contributed by atoms with Crippen LogP contribution in [0.15, 0.2) is 0 Å². The minimum Gasteiger partial charge on any atom is -0.466 e. The highest BCUT2D eigenvalue weighted by Crippen LogP contribution is 2.13. The molecule has 0 rings (SSSR count). The smallest absolute Gasteiger partial charge is 0.305 e. The number of nitrogens with one attached hydrogen (secondary N) is 1. The van der Waals surface area contributed by atoms with Crippen LogP contribution in [-0.4, -0.2) is 51.3 Å². The van der Waals surface area contributed by atoms with Gasteiger partial charge in [0.25, 0.3) is 0 Å². The monoisotopic (exact) mass is 444 g/mol. The van der Waals surface area contributed by atoms with Crippen molar-refractivity contribution in [3.8, 4) is 0 Å². The van der Waals surface area contributed by atoms with Crippen molar-refractivity contribution in [2.24, 2.45) is 0 Å². The highest BCUT2D eigenvalue weighted by molar-refractivity contribution is 5.69. The number of esters is 1. The van der Waals surface area contributed by atoms with Gasteiger partial charge in [-0.1, -0.05) is 102 Å². The van der Waals surface area contributed by atoms with Crippen LogP contribution in [0.4, 0.5) is 0 Å². The van der Waals surface area contributed by atoms with Crippen molar-refractivity contribution in [1.82, 2.24) is 10.5 Å². The van der Waals surface area contributed by atoms with E-state index >= 15 is 0 Å². The molecular weight excluding hydrogens is 392 g/mol. The van der Waals surface area contributed by atoms with Crippen LogP contribution >= 0.6 is 0 Å². The number of nitrogens with zero attached hydrogens (tertiary/aromatic N) is 1. The zero-order valence-corrected chi connectivity index (χ0v) is 20.9. The third-order valence-electron chi connectivity index (χ3n) is 5.40. The van der Waals surface area contributed by atoms with Crippen LogP contribution in [0, 0.1) is 0 Å². The van der Waals surface area contributed by atoms with E-state index in [1.54, 1.807) is 0 Å². The summed E-state index contributed by atoms with van der Waals surface area (Å²) < 4.78 is 5.23. The SMILES string of the molecule is CCCCCCCCCCCCCCCCCC(=O)OCCCONOCCN(C)C. The lowest BCUT2D eigenvalue weighted by atomic mass is 10.0. The van der Waals surface area contributed by atoms with Gasteiger partial charge in [-0.05, 0) is 20.5 Å². The molecule has 186 valence electrons. The number of carbonyl (C=O) groups excluding carboxylic acids is 1. The predicted octanol–water partition coefficient (Wildman–Crippen LogP) is 6.20. The molecule has 0 atom stereocenters. The lowest BCUT2D eigenvalue weighted by molar-refractivity contribution is -0.174. The Hall–Kier alpha value is -0.690. The normalized spacial score (nSPS) is 11.4. The van der Waals surface area contributed by atoms with Crippen molar-refractivity contribution >= 4 is 5.97 Å². The molecule has 0 saturated heterocycles. The minimum absolute atomic E-state index is 0.0927. The van der Waals surface area contributed by atoms with Crippen LogP contribution in [0.2, 0.25) is 0 Å². The number of ether oxygens (including phenoxy) is 1. The van der Waals surface area contributed by atoms with Crippen molar-refractivity contribution in [1.29, 1.82) is 0 Å². The van der Waals surface area contributed by atoms with Gasteiger partial charge in [0.1, 0.15) is 0 Å². The second-order valence-corrected chi connectivity index (χ2v) is 8.86. The number of likely N-dealkylation sites (N-methyl/N-ethyl adjacent to an activating group) is 1. The molecule has 6 nitrogen and oxygen atoms in total. The summed E-state index contributed by atoms with van der Waals surface area (Å²) in [6.07, 6.45) is 21.2. The Labute approximate surface area is 192 Å². The van der Waals surface area contributed by atoms with Crippen molar-refractivity contribution in [3.05, 3.63) is 0 Å². The number of rotatable bonds is 25. The summed E-state index contributed by atoms with van der Waals surface area (Å²) in [6.45, 7) is 4.51. The molecule has 1 N–H and O–H groups in total. The van der Waals surface area contributed by atoms with Gasteiger partial charge in [-0.15, -0.1) is 0 Å². The van der Waals surface area contributed by atoms with Gasteiger partial charge in [0.2, 0.25) is 0 Å². The van der Waals surface area contributed by atoms with Crippen molar-refractivity contribution in [2.45, 2.75) is 116 Å². The summed E-state index contributed by atoms with van der Waals surface area (Å²) in [6, 6.07) is 0. The molecule has 0 spiro atoms. The summed E-state index contributed by atoms with van der Waals surface area (Å²) in [7, 11) is 3.97. The maximum Gasteiger partial charge on any atom is 0.305 e. The summed E-state index contributed by atoms with van der Waals surface area (Å²) in [4.78, 5) is 23.9. The maximum absolute atomic E-state index is 11.7. The fourth-order valence-electron chi connectivity index (χ4n) is 3.38. The number of carbonyl (C=O) groups is 1. The number of hydrogen-bond acceptors (Lipinski definition) is 6. The highest BCUT2D eigenvalue weighted by Gasteiger charge is 2.02. The second-order valence-electron chi connectivity index (χ2n) is 8.86. The fraction of sp³-hybridized carbons (Fsp3) is 0.960. The maximum atomic E-state index is 11.7. The summed E-state index contributed by atoms with van der Waals surface area (Å²) in [5.41, 5.74) is 2.45. The highest BCUT2D eigenvalue weighted by atomic mass is 16.9. The van der Waals surface area contributed by atoms with E-state index in [1.165, 1.54) is 83.5 Å². The molecule has 0 amide bonds. The Morgan fingerprint density at radius 2 is 1.13 bits per heavy atom. The number of unbranched alkanes of at least 4 members (excludes halogenated alkanes) is 14. The molecule has 0 bridgehead atoms. The topological polar surface area (TPSA) is 60.0 Å². The molecule has 0 radical (unpaired) electrons. The molecule has 6 heteroatoms.